The van der Waals surface area contributed by atoms with Crippen LogP contribution in [0.3, 0.4) is 0 Å². The van der Waals surface area contributed by atoms with Crippen molar-refractivity contribution in [1.29, 1.82) is 0 Å². The Morgan fingerprint density at radius 1 is 1.12 bits per heavy atom. The van der Waals surface area contributed by atoms with Gasteiger partial charge in [0.1, 0.15) is 17.3 Å². The molecule has 0 saturated carbocycles. The van der Waals surface area contributed by atoms with Crippen molar-refractivity contribution in [3.05, 3.63) is 52.3 Å². The summed E-state index contributed by atoms with van der Waals surface area (Å²) in [6.07, 6.45) is -3.52. The predicted octanol–water partition coefficient (Wildman–Crippen LogP) is 4.77. The van der Waals surface area contributed by atoms with Crippen LogP contribution in [0.15, 0.2) is 35.2 Å². The highest BCUT2D eigenvalue weighted by molar-refractivity contribution is 7.94. The molecular weight excluding hydrogens is 407 g/mol. The average molecular weight is 413 g/mol. The van der Waals surface area contributed by atoms with E-state index < -0.39 is 54.9 Å². The largest absolute Gasteiger partial charge is 0.457 e. The second-order valence-corrected chi connectivity index (χ2v) is 7.60. The normalized spacial score (nSPS) is 17.4. The third-order valence-electron chi connectivity index (χ3n) is 3.57. The summed E-state index contributed by atoms with van der Waals surface area (Å²) in [5.41, 5.74) is -2.67. The van der Waals surface area contributed by atoms with Gasteiger partial charge in [-0.25, -0.2) is 21.6 Å². The number of hydrogen-bond acceptors (Lipinski definition) is 4. The Morgan fingerprint density at radius 3 is 2.35 bits per heavy atom. The van der Waals surface area contributed by atoms with Crippen LogP contribution in [0.1, 0.15) is 22.3 Å². The molecule has 0 radical (unpaired) electrons. The lowest BCUT2D eigenvalue weighted by atomic mass is 10.0. The molecule has 4 nitrogen and oxygen atoms in total. The predicted molar refractivity (Wildman–Crippen MR) is 79.3 cm³/mol. The molecular formula is C15H6ClF5O4S. The number of fused-ring (bicyclic) bond motifs is 1. The zero-order chi connectivity index (χ0) is 19.4. The highest BCUT2D eigenvalue weighted by Gasteiger charge is 2.62. The molecule has 0 amide bonds. The number of Topliss-reactive ketones (excluding diaryl/α,β-unsaturated/α-hetero) is 1. The van der Waals surface area contributed by atoms with Crippen LogP contribution in [0, 0.1) is 5.82 Å². The summed E-state index contributed by atoms with van der Waals surface area (Å²) in [6.45, 7) is 0. The molecule has 0 N–H and O–H groups in total. The molecule has 26 heavy (non-hydrogen) atoms. The Kier molecular flexibility index (Phi) is 4.23. The molecule has 0 aliphatic carbocycles. The molecule has 11 heteroatoms. The SMILES string of the molecule is O=C1c2c(ccc(Oc3cc(F)cc(Cl)c3)c2C(F)F)S(=O)(=O)C1(F)F. The first kappa shape index (κ1) is 18.6. The average Bonchev–Trinajstić information content (AvgIpc) is 2.64. The summed E-state index contributed by atoms with van der Waals surface area (Å²) in [4.78, 5) is 10.6. The molecule has 2 aromatic carbocycles. The smallest absolute Gasteiger partial charge is 0.411 e. The second-order valence-electron chi connectivity index (χ2n) is 5.21. The minimum absolute atomic E-state index is 0.134. The molecule has 2 aromatic rings. The Balaban J connectivity index is 2.22. The molecule has 0 spiro atoms. The Hall–Kier alpha value is -2.20. The second kappa shape index (κ2) is 5.92. The van der Waals surface area contributed by atoms with E-state index in [-0.39, 0.29) is 10.8 Å². The number of sulfone groups is 1. The molecule has 0 atom stereocenters. The number of ketones is 1. The highest BCUT2D eigenvalue weighted by atomic mass is 35.5. The van der Waals surface area contributed by atoms with Gasteiger partial charge in [-0.15, -0.1) is 0 Å². The molecule has 3 rings (SSSR count). The van der Waals surface area contributed by atoms with Gasteiger partial charge in [0.2, 0.25) is 5.78 Å². The van der Waals surface area contributed by atoms with Gasteiger partial charge >= 0.3 is 5.25 Å². The van der Waals surface area contributed by atoms with Gasteiger partial charge in [-0.1, -0.05) is 11.6 Å². The maximum absolute atomic E-state index is 13.7. The first-order valence-electron chi connectivity index (χ1n) is 6.73. The van der Waals surface area contributed by atoms with Gasteiger partial charge < -0.3 is 4.74 Å². The number of benzene rings is 2. The first-order chi connectivity index (χ1) is 12.0. The Labute approximate surface area is 148 Å². The number of hydrogen-bond donors (Lipinski definition) is 0. The molecule has 0 unspecified atom stereocenters. The van der Waals surface area contributed by atoms with Gasteiger partial charge in [0.25, 0.3) is 16.3 Å². The van der Waals surface area contributed by atoms with Crippen molar-refractivity contribution in [2.24, 2.45) is 0 Å². The summed E-state index contributed by atoms with van der Waals surface area (Å²) >= 11 is 5.61. The van der Waals surface area contributed by atoms with Gasteiger partial charge in [-0.3, -0.25) is 4.79 Å². The topological polar surface area (TPSA) is 60.4 Å². The van der Waals surface area contributed by atoms with E-state index in [1.807, 2.05) is 0 Å². The third kappa shape index (κ3) is 2.64. The van der Waals surface area contributed by atoms with E-state index in [1.54, 1.807) is 0 Å². The van der Waals surface area contributed by atoms with E-state index in [9.17, 15) is 35.2 Å². The Bertz CT molecular complexity index is 1020. The lowest BCUT2D eigenvalue weighted by molar-refractivity contribution is 0.0541. The zero-order valence-electron chi connectivity index (χ0n) is 12.3. The van der Waals surface area contributed by atoms with Crippen molar-refractivity contribution in [2.75, 3.05) is 0 Å². The molecule has 138 valence electrons. The van der Waals surface area contributed by atoms with Crippen LogP contribution in [0.25, 0.3) is 0 Å². The maximum atomic E-state index is 13.7. The van der Waals surface area contributed by atoms with E-state index in [0.717, 1.165) is 18.2 Å². The van der Waals surface area contributed by atoms with Crippen LogP contribution in [-0.4, -0.2) is 19.5 Å². The highest BCUT2D eigenvalue weighted by Crippen LogP contribution is 2.48. The first-order valence-corrected chi connectivity index (χ1v) is 8.59. The fourth-order valence-electron chi connectivity index (χ4n) is 2.46. The lowest BCUT2D eigenvalue weighted by Gasteiger charge is -2.13. The Morgan fingerprint density at radius 2 is 1.77 bits per heavy atom. The van der Waals surface area contributed by atoms with Crippen molar-refractivity contribution < 1.29 is 39.9 Å². The van der Waals surface area contributed by atoms with Crippen molar-refractivity contribution in [1.82, 2.24) is 0 Å². The van der Waals surface area contributed by atoms with Gasteiger partial charge in [-0.05, 0) is 24.3 Å². The molecule has 1 heterocycles. The van der Waals surface area contributed by atoms with Crippen LogP contribution >= 0.6 is 11.6 Å². The number of rotatable bonds is 3. The standard InChI is InChI=1S/C15H6ClF5O4S/c16-6-3-7(17)5-8(4-6)25-9-1-2-10-12(11(9)14(18)19)13(22)15(20,21)26(10,23)24/h1-5,14H. The summed E-state index contributed by atoms with van der Waals surface area (Å²) in [6, 6.07) is 3.99. The van der Waals surface area contributed by atoms with Gasteiger partial charge in [0.05, 0.1) is 16.0 Å². The summed E-state index contributed by atoms with van der Waals surface area (Å²) < 4.78 is 96.2. The zero-order valence-corrected chi connectivity index (χ0v) is 13.8. The molecule has 0 bridgehead atoms. The van der Waals surface area contributed by atoms with Gasteiger partial charge in [-0.2, -0.15) is 8.78 Å². The fraction of sp³-hybridized carbons (Fsp3) is 0.133. The quantitative estimate of drug-likeness (QED) is 0.681. The molecule has 0 saturated heterocycles. The summed E-state index contributed by atoms with van der Waals surface area (Å²) in [5, 5.41) is -5.00. The third-order valence-corrected chi connectivity index (χ3v) is 5.57. The van der Waals surface area contributed by atoms with Gasteiger partial charge in [0, 0.05) is 11.1 Å². The number of ether oxygens (including phenoxy) is 1. The summed E-state index contributed by atoms with van der Waals surface area (Å²) in [5.74, 6) is -4.26. The van der Waals surface area contributed by atoms with Crippen molar-refractivity contribution in [3.63, 3.8) is 0 Å². The van der Waals surface area contributed by atoms with E-state index in [1.165, 1.54) is 0 Å². The number of halogens is 6. The van der Waals surface area contributed by atoms with Crippen molar-refractivity contribution >= 4 is 27.2 Å². The van der Waals surface area contributed by atoms with E-state index in [4.69, 9.17) is 16.3 Å². The van der Waals surface area contributed by atoms with Crippen molar-refractivity contribution in [2.45, 2.75) is 16.6 Å². The monoisotopic (exact) mass is 412 g/mol. The molecule has 0 fully saturated rings. The van der Waals surface area contributed by atoms with E-state index in [0.29, 0.717) is 12.1 Å². The number of alkyl halides is 4. The maximum Gasteiger partial charge on any atom is 0.411 e. The summed E-state index contributed by atoms with van der Waals surface area (Å²) in [7, 11) is -5.44. The number of carbonyl (C=O) groups is 1. The van der Waals surface area contributed by atoms with Crippen LogP contribution in [0.5, 0.6) is 11.5 Å². The van der Waals surface area contributed by atoms with Crippen molar-refractivity contribution in [3.8, 4) is 11.5 Å². The van der Waals surface area contributed by atoms with Crippen LogP contribution in [0.2, 0.25) is 5.02 Å². The molecule has 0 aromatic heterocycles. The molecule has 1 aliphatic rings. The minimum atomic E-state index is -5.44. The number of carbonyl (C=O) groups excluding carboxylic acids is 1. The minimum Gasteiger partial charge on any atom is -0.457 e. The van der Waals surface area contributed by atoms with Crippen LogP contribution in [0.4, 0.5) is 22.0 Å². The fourth-order valence-corrected chi connectivity index (χ4v) is 4.02. The van der Waals surface area contributed by atoms with Crippen LogP contribution < -0.4 is 4.74 Å². The van der Waals surface area contributed by atoms with E-state index in [2.05, 4.69) is 0 Å². The van der Waals surface area contributed by atoms with Crippen LogP contribution in [-0.2, 0) is 9.84 Å². The lowest BCUT2D eigenvalue weighted by Crippen LogP contribution is -2.30. The van der Waals surface area contributed by atoms with Gasteiger partial charge in [0.15, 0.2) is 0 Å². The van der Waals surface area contributed by atoms with E-state index >= 15 is 0 Å². The molecule has 1 aliphatic heterocycles.